The molecule has 0 aliphatic carbocycles. The Hall–Kier alpha value is -1.13. The molecule has 0 unspecified atom stereocenters. The first kappa shape index (κ1) is 45.8. The maximum Gasteiger partial charge on any atom is 0.291 e. The number of carbonyl (C=O) groups excluding carboxylic acids is 2. The van der Waals surface area contributed by atoms with E-state index in [2.05, 4.69) is 13.7 Å². The summed E-state index contributed by atoms with van der Waals surface area (Å²) in [7, 11) is 11.5. The first-order valence-electron chi connectivity index (χ1n) is 8.70. The lowest BCUT2D eigenvalue weighted by Gasteiger charge is -2.19. The van der Waals surface area contributed by atoms with Gasteiger partial charge < -0.3 is 25.2 Å². The van der Waals surface area contributed by atoms with Crippen molar-refractivity contribution in [3.8, 4) is 0 Å². The van der Waals surface area contributed by atoms with E-state index in [1.807, 2.05) is 19.0 Å². The monoisotopic (exact) mass is 646 g/mol. The third kappa shape index (κ3) is 17.9. The third-order valence-electron chi connectivity index (χ3n) is 2.84. The van der Waals surface area contributed by atoms with Crippen molar-refractivity contribution in [3.63, 3.8) is 0 Å². The Morgan fingerprint density at radius 1 is 0.919 bits per heavy atom. The SMILES string of the molecule is C.C.C.CN(C)C=NC(=O)c1snc(Cl)c1Cl.CO.COC(OC)N(C)C.NC(=O)c1snc(Cl)c1Cl. The summed E-state index contributed by atoms with van der Waals surface area (Å²) in [4.78, 5) is 29.5. The predicted octanol–water partition coefficient (Wildman–Crippen LogP) is 5.37. The van der Waals surface area contributed by atoms with Crippen LogP contribution >= 0.6 is 69.5 Å². The number of rotatable bonds is 6. The number of aliphatic imine (C=N–C) groups is 1. The number of methoxy groups -OCH3 is 2. The zero-order valence-corrected chi connectivity index (χ0v) is 24.0. The summed E-state index contributed by atoms with van der Waals surface area (Å²) in [5, 5.41) is 7.57. The summed E-state index contributed by atoms with van der Waals surface area (Å²) in [5.74, 6) is -1.04. The van der Waals surface area contributed by atoms with Crippen LogP contribution in [0.5, 0.6) is 0 Å². The van der Waals surface area contributed by atoms with Gasteiger partial charge in [-0.2, -0.15) is 13.7 Å². The smallest absolute Gasteiger partial charge is 0.291 e. The van der Waals surface area contributed by atoms with E-state index >= 15 is 0 Å². The van der Waals surface area contributed by atoms with Crippen LogP contribution in [0.4, 0.5) is 0 Å². The van der Waals surface area contributed by atoms with Crippen molar-refractivity contribution in [1.82, 2.24) is 18.5 Å². The molecule has 2 amide bonds. The highest BCUT2D eigenvalue weighted by atomic mass is 35.5. The summed E-state index contributed by atoms with van der Waals surface area (Å²) in [5.41, 5.74) is 4.92. The fourth-order valence-corrected chi connectivity index (χ4v) is 3.72. The lowest BCUT2D eigenvalue weighted by molar-refractivity contribution is -0.179. The number of aromatic nitrogens is 2. The lowest BCUT2D eigenvalue weighted by atomic mass is 10.5. The maximum atomic E-state index is 11.4. The normalized spacial score (nSPS) is 9.35. The molecule has 3 N–H and O–H groups in total. The van der Waals surface area contributed by atoms with Crippen molar-refractivity contribution in [2.24, 2.45) is 10.7 Å². The highest BCUT2D eigenvalue weighted by molar-refractivity contribution is 7.09. The highest BCUT2D eigenvalue weighted by Gasteiger charge is 2.16. The van der Waals surface area contributed by atoms with Gasteiger partial charge in [0.1, 0.15) is 19.8 Å². The summed E-state index contributed by atoms with van der Waals surface area (Å²) < 4.78 is 17.1. The number of hydrogen-bond donors (Lipinski definition) is 2. The van der Waals surface area contributed by atoms with Crippen molar-refractivity contribution in [1.29, 1.82) is 0 Å². The third-order valence-corrected chi connectivity index (χ3v) is 6.44. The maximum absolute atomic E-state index is 11.4. The van der Waals surface area contributed by atoms with Crippen LogP contribution in [0.3, 0.4) is 0 Å². The van der Waals surface area contributed by atoms with Gasteiger partial charge in [0, 0.05) is 35.4 Å². The van der Waals surface area contributed by atoms with Crippen molar-refractivity contribution >= 4 is 87.6 Å². The molecule has 0 fully saturated rings. The van der Waals surface area contributed by atoms with Crippen molar-refractivity contribution in [3.05, 3.63) is 30.1 Å². The average Bonchev–Trinajstić information content (AvgIpc) is 3.30. The number of aliphatic hydroxyl groups is 1. The molecule has 218 valence electrons. The van der Waals surface area contributed by atoms with E-state index in [9.17, 15) is 9.59 Å². The van der Waals surface area contributed by atoms with E-state index in [1.54, 1.807) is 33.2 Å². The van der Waals surface area contributed by atoms with E-state index in [0.29, 0.717) is 0 Å². The second kappa shape index (κ2) is 25.2. The zero-order valence-electron chi connectivity index (χ0n) is 19.4. The van der Waals surface area contributed by atoms with Gasteiger partial charge >= 0.3 is 0 Å². The summed E-state index contributed by atoms with van der Waals surface area (Å²) >= 11 is 24.1. The molecule has 0 atom stereocenters. The van der Waals surface area contributed by atoms with E-state index < -0.39 is 11.8 Å². The summed E-state index contributed by atoms with van der Waals surface area (Å²) in [6.45, 7) is 0. The van der Waals surface area contributed by atoms with Crippen LogP contribution in [-0.4, -0.2) is 97.7 Å². The van der Waals surface area contributed by atoms with Gasteiger partial charge in [-0.25, -0.2) is 0 Å². The first-order chi connectivity index (χ1) is 15.9. The molecule has 2 rings (SSSR count). The number of nitrogens with zero attached hydrogens (tertiary/aromatic N) is 5. The molecule has 2 heterocycles. The Labute approximate surface area is 248 Å². The minimum absolute atomic E-state index is 0. The van der Waals surface area contributed by atoms with Gasteiger partial charge in [-0.15, -0.1) is 0 Å². The van der Waals surface area contributed by atoms with E-state index in [1.165, 1.54) is 6.34 Å². The molecule has 0 aliphatic heterocycles. The van der Waals surface area contributed by atoms with Crippen LogP contribution in [0.1, 0.15) is 41.6 Å². The molecule has 11 nitrogen and oxygen atoms in total. The fraction of sp³-hybridized carbons (Fsp3) is 0.550. The Kier molecular flexibility index (Phi) is 31.1. The number of aliphatic hydroxyl groups excluding tert-OH is 1. The minimum atomic E-state index is -0.602. The Bertz CT molecular complexity index is 910. The van der Waals surface area contributed by atoms with Gasteiger partial charge in [-0.05, 0) is 37.2 Å². The van der Waals surface area contributed by atoms with Crippen molar-refractivity contribution in [2.75, 3.05) is 49.5 Å². The fourth-order valence-electron chi connectivity index (χ4n) is 1.55. The van der Waals surface area contributed by atoms with Crippen LogP contribution in [0.15, 0.2) is 4.99 Å². The van der Waals surface area contributed by atoms with Gasteiger partial charge in [0.25, 0.3) is 11.8 Å². The number of ether oxygens (including phenoxy) is 2. The molecule has 2 aromatic heterocycles. The molecule has 0 bridgehead atoms. The Balaban J connectivity index is -0.000000133. The van der Waals surface area contributed by atoms with Crippen LogP contribution < -0.4 is 5.73 Å². The van der Waals surface area contributed by atoms with E-state index in [0.717, 1.165) is 30.2 Å². The van der Waals surface area contributed by atoms with E-state index in [-0.39, 0.29) is 58.8 Å². The zero-order chi connectivity index (χ0) is 27.0. The molecule has 2 aromatic rings. The Morgan fingerprint density at radius 3 is 1.49 bits per heavy atom. The van der Waals surface area contributed by atoms with Crippen molar-refractivity contribution < 1.29 is 24.2 Å². The van der Waals surface area contributed by atoms with Gasteiger partial charge in [0.15, 0.2) is 10.3 Å². The molecule has 17 heteroatoms. The van der Waals surface area contributed by atoms with Gasteiger partial charge in [-0.3, -0.25) is 14.5 Å². The van der Waals surface area contributed by atoms with Crippen molar-refractivity contribution in [2.45, 2.75) is 28.7 Å². The number of nitrogens with two attached hydrogens (primary N) is 1. The molecule has 0 aliphatic rings. The highest BCUT2D eigenvalue weighted by Crippen LogP contribution is 2.29. The Morgan fingerprint density at radius 2 is 1.30 bits per heavy atom. The first-order valence-corrected chi connectivity index (χ1v) is 11.8. The van der Waals surface area contributed by atoms with Crippen LogP contribution in [0, 0.1) is 0 Å². The number of primary amides is 1. The van der Waals surface area contributed by atoms with Gasteiger partial charge in [0.2, 0.25) is 6.41 Å². The molecule has 0 spiro atoms. The summed E-state index contributed by atoms with van der Waals surface area (Å²) in [6, 6.07) is 0. The molecule has 0 saturated heterocycles. The van der Waals surface area contributed by atoms with Crippen LogP contribution in [0.2, 0.25) is 20.4 Å². The number of amides is 2. The van der Waals surface area contributed by atoms with Crippen LogP contribution in [0.25, 0.3) is 0 Å². The minimum Gasteiger partial charge on any atom is -0.400 e. The lowest BCUT2D eigenvalue weighted by Crippen LogP contribution is -2.30. The number of halogens is 4. The van der Waals surface area contributed by atoms with Gasteiger partial charge in [-0.1, -0.05) is 68.7 Å². The van der Waals surface area contributed by atoms with E-state index in [4.69, 9.17) is 66.7 Å². The molecule has 37 heavy (non-hydrogen) atoms. The number of carbonyl (C=O) groups is 2. The topological polar surface area (TPSA) is 143 Å². The van der Waals surface area contributed by atoms with Gasteiger partial charge in [0.05, 0.1) is 6.34 Å². The molecule has 0 aromatic carbocycles. The second-order valence-electron chi connectivity index (χ2n) is 5.85. The molecule has 0 saturated carbocycles. The largest absolute Gasteiger partial charge is 0.400 e. The quantitative estimate of drug-likeness (QED) is 0.240. The average molecular weight is 649 g/mol. The predicted molar refractivity (Wildman–Crippen MR) is 159 cm³/mol. The van der Waals surface area contributed by atoms with Crippen LogP contribution in [-0.2, 0) is 9.47 Å². The molecular formula is C20H38Cl4N6O5S2. The molecule has 0 radical (unpaired) electrons. The molecular weight excluding hydrogens is 610 g/mol. The number of hydrogen-bond acceptors (Lipinski definition) is 10. The summed E-state index contributed by atoms with van der Waals surface area (Å²) in [6.07, 6.45) is 1.18. The standard InChI is InChI=1S/C7H7Cl2N3OS.C5H13NO2.C4H2Cl2N2OS.CH4O.3CH4/c1-12(2)3-10-7(13)5-4(8)6(9)11-14-5;1-6(2)5(7-3)8-4;5-1-2(4(7)9)10-8-3(1)6;1-2;;;/h3H,1-2H3;5H,1-4H3;(H2,7,9);2H,1H3;3*1H4. The second-order valence-corrected chi connectivity index (χ2v) is 8.87.